The lowest BCUT2D eigenvalue weighted by molar-refractivity contribution is 0.0519. The largest absolute Gasteiger partial charge is 0.445 e. The van der Waals surface area contributed by atoms with E-state index >= 15 is 0 Å². The maximum Gasteiger partial charge on any atom is 0.407 e. The molecule has 0 spiro atoms. The lowest BCUT2D eigenvalue weighted by Gasteiger charge is -2.44. The van der Waals surface area contributed by atoms with Gasteiger partial charge in [-0.3, -0.25) is 0 Å². The molecule has 1 aromatic heterocycles. The third-order valence-electron chi connectivity index (χ3n) is 11.4. The van der Waals surface area contributed by atoms with Crippen molar-refractivity contribution in [3.8, 4) is 0 Å². The van der Waals surface area contributed by atoms with Crippen LogP contribution in [-0.2, 0) is 16.6 Å². The quantitative estimate of drug-likeness (QED) is 0.247. The number of carbonyl (C=O) groups is 1. The Balaban J connectivity index is 1.28. The molecule has 1 aromatic rings. The summed E-state index contributed by atoms with van der Waals surface area (Å²) in [5, 5.41) is 23.1. The van der Waals surface area contributed by atoms with Crippen LogP contribution in [0.1, 0.15) is 109 Å². The van der Waals surface area contributed by atoms with Crippen LogP contribution in [0.4, 0.5) is 4.79 Å². The molecule has 4 N–H and O–H groups in total. The molecule has 0 saturated heterocycles. The normalized spacial score (nSPS) is 33.8. The van der Waals surface area contributed by atoms with Crippen LogP contribution >= 0.6 is 0 Å². The number of nitrogens with zero attached hydrogens (tertiary/aromatic N) is 1. The van der Waals surface area contributed by atoms with Gasteiger partial charge in [0.2, 0.25) is 0 Å². The number of H-pyrrole nitrogens is 1. The highest BCUT2D eigenvalue weighted by atomic mass is 16.6. The fourth-order valence-corrected chi connectivity index (χ4v) is 8.79. The maximum atomic E-state index is 12.4. The average molecular weight is 580 g/mol. The van der Waals surface area contributed by atoms with Crippen molar-refractivity contribution in [2.24, 2.45) is 23.2 Å². The Morgan fingerprint density at radius 1 is 1.26 bits per heavy atom. The second-order valence-corrected chi connectivity index (χ2v) is 14.0. The molecule has 232 valence electrons. The lowest BCUT2D eigenvalue weighted by Crippen LogP contribution is -2.38. The summed E-state index contributed by atoms with van der Waals surface area (Å²) >= 11 is 0. The molecular formula is C35H53N3O4. The second-order valence-electron chi connectivity index (χ2n) is 14.0. The van der Waals surface area contributed by atoms with E-state index < -0.39 is 12.2 Å². The van der Waals surface area contributed by atoms with Crippen LogP contribution in [-0.4, -0.2) is 51.6 Å². The maximum absolute atomic E-state index is 12.4. The lowest BCUT2D eigenvalue weighted by atomic mass is 9.60. The number of rotatable bonds is 10. The van der Waals surface area contributed by atoms with Crippen molar-refractivity contribution in [2.75, 3.05) is 7.05 Å². The van der Waals surface area contributed by atoms with Crippen LogP contribution in [0.25, 0.3) is 0 Å². The number of hydrogen-bond donors (Lipinski definition) is 4. The van der Waals surface area contributed by atoms with Crippen molar-refractivity contribution in [3.05, 3.63) is 53.2 Å². The van der Waals surface area contributed by atoms with Crippen molar-refractivity contribution >= 4 is 6.09 Å². The zero-order chi connectivity index (χ0) is 30.1. The number of ether oxygens (including phenoxy) is 1. The van der Waals surface area contributed by atoms with E-state index in [9.17, 15) is 15.0 Å². The zero-order valence-corrected chi connectivity index (χ0v) is 26.3. The number of aliphatic hydroxyl groups excluding tert-OH is 2. The van der Waals surface area contributed by atoms with Crippen LogP contribution < -0.4 is 5.32 Å². The third kappa shape index (κ3) is 6.14. The molecule has 42 heavy (non-hydrogen) atoms. The molecule has 0 bridgehead atoms. The fraction of sp³-hybridized carbons (Fsp3) is 0.714. The van der Waals surface area contributed by atoms with Crippen molar-refractivity contribution in [3.63, 3.8) is 0 Å². The summed E-state index contributed by atoms with van der Waals surface area (Å²) in [6, 6.07) is 0. The van der Waals surface area contributed by atoms with E-state index in [1.54, 1.807) is 7.05 Å². The SMILES string of the molecule is C=C1/C(=C\C=C2/CCC[C@]3(C)[C@@H]([C@H](C)CC[C@@H](OC(=O)NC)C4(c5ncc(CCC)[nH]5)CC4)CC[C@@H]23)C[C@@H](O)C[C@@H]1O. The molecule has 5 rings (SSSR count). The standard InChI is InChI=1S/C35H53N3O4/c1-6-8-26-21-37-32(38-26)35(17-18-35)31(42-33(41)36-5)15-10-22(2)28-13-14-29-24(9-7-16-34(28,29)4)11-12-25-19-27(39)20-30(40)23(25)3/h11-12,21-22,27-31,39-40H,3,6-10,13-20H2,1-2,4-5H3,(H,36,41)(H,37,38)/b24-11+,25-12-/t22-,27-,28-,29+,30+,31-,34-/m1/s1. The monoisotopic (exact) mass is 579 g/mol. The molecular weight excluding hydrogens is 526 g/mol. The van der Waals surface area contributed by atoms with Crippen LogP contribution in [0.3, 0.4) is 0 Å². The van der Waals surface area contributed by atoms with Crippen molar-refractivity contribution < 1.29 is 19.7 Å². The second kappa shape index (κ2) is 12.7. The molecule has 7 nitrogen and oxygen atoms in total. The molecule has 7 heteroatoms. The van der Waals surface area contributed by atoms with Gasteiger partial charge in [-0.15, -0.1) is 0 Å². The molecule has 4 aliphatic rings. The van der Waals surface area contributed by atoms with Crippen LogP contribution in [0.2, 0.25) is 0 Å². The van der Waals surface area contributed by atoms with Crippen LogP contribution in [0, 0.1) is 23.2 Å². The van der Waals surface area contributed by atoms with E-state index in [1.165, 1.54) is 31.3 Å². The number of amides is 1. The molecule has 4 aliphatic carbocycles. The van der Waals surface area contributed by atoms with Crippen molar-refractivity contribution in [1.29, 1.82) is 0 Å². The van der Waals surface area contributed by atoms with Gasteiger partial charge < -0.3 is 25.3 Å². The van der Waals surface area contributed by atoms with Gasteiger partial charge in [0.25, 0.3) is 0 Å². The fourth-order valence-electron chi connectivity index (χ4n) is 8.79. The minimum atomic E-state index is -0.649. The van der Waals surface area contributed by atoms with Gasteiger partial charge in [0.15, 0.2) is 0 Å². The smallest absolute Gasteiger partial charge is 0.407 e. The number of aliphatic hydroxyl groups is 2. The van der Waals surface area contributed by atoms with E-state index in [0.717, 1.165) is 67.6 Å². The molecule has 4 fully saturated rings. The molecule has 1 heterocycles. The van der Waals surface area contributed by atoms with Gasteiger partial charge in [0.05, 0.1) is 17.6 Å². The average Bonchev–Trinajstić information content (AvgIpc) is 3.49. The van der Waals surface area contributed by atoms with Gasteiger partial charge in [-0.05, 0) is 105 Å². The van der Waals surface area contributed by atoms with Gasteiger partial charge in [0, 0.05) is 25.4 Å². The number of allylic oxidation sites excluding steroid dienone is 3. The first-order valence-electron chi connectivity index (χ1n) is 16.5. The molecule has 0 unspecified atom stereocenters. The van der Waals surface area contributed by atoms with Crippen molar-refractivity contribution in [1.82, 2.24) is 15.3 Å². The summed E-state index contributed by atoms with van der Waals surface area (Å²) in [5.41, 5.74) is 4.48. The van der Waals surface area contributed by atoms with Gasteiger partial charge in [-0.1, -0.05) is 51.5 Å². The Kier molecular flexibility index (Phi) is 9.39. The first-order chi connectivity index (χ1) is 20.1. The molecule has 1 amide bonds. The summed E-state index contributed by atoms with van der Waals surface area (Å²) in [6.07, 6.45) is 17.5. The molecule has 0 radical (unpaired) electrons. The van der Waals surface area contributed by atoms with E-state index in [4.69, 9.17) is 9.72 Å². The minimum absolute atomic E-state index is 0.187. The van der Waals surface area contributed by atoms with Gasteiger partial charge >= 0.3 is 6.09 Å². The van der Waals surface area contributed by atoms with Gasteiger partial charge in [-0.2, -0.15) is 0 Å². The molecule has 0 aromatic carbocycles. The third-order valence-corrected chi connectivity index (χ3v) is 11.4. The molecule has 4 saturated carbocycles. The first-order valence-corrected chi connectivity index (χ1v) is 16.5. The number of hydrogen-bond acceptors (Lipinski definition) is 5. The Hall–Kier alpha value is -2.38. The summed E-state index contributed by atoms with van der Waals surface area (Å²) in [5.74, 6) is 2.70. The van der Waals surface area contributed by atoms with Gasteiger partial charge in [0.1, 0.15) is 11.9 Å². The number of alkyl carbamates (subject to hydrolysis) is 1. The van der Waals surface area contributed by atoms with E-state index in [2.05, 4.69) is 49.8 Å². The number of fused-ring (bicyclic) bond motifs is 1. The van der Waals surface area contributed by atoms with Crippen LogP contribution in [0.15, 0.2) is 41.6 Å². The predicted octanol–water partition coefficient (Wildman–Crippen LogP) is 6.68. The number of aromatic nitrogens is 2. The Bertz CT molecular complexity index is 1200. The molecule has 0 aliphatic heterocycles. The highest BCUT2D eigenvalue weighted by Gasteiger charge is 2.56. The highest BCUT2D eigenvalue weighted by molar-refractivity contribution is 5.67. The summed E-state index contributed by atoms with van der Waals surface area (Å²) < 4.78 is 6.06. The summed E-state index contributed by atoms with van der Waals surface area (Å²) in [6.45, 7) is 11.2. The number of nitrogens with one attached hydrogen (secondary N) is 2. The topological polar surface area (TPSA) is 107 Å². The van der Waals surface area contributed by atoms with E-state index in [0.29, 0.717) is 30.6 Å². The first kappa shape index (κ1) is 31.1. The number of aryl methyl sites for hydroxylation is 1. The Labute approximate surface area is 252 Å². The Morgan fingerprint density at radius 3 is 2.76 bits per heavy atom. The minimum Gasteiger partial charge on any atom is -0.445 e. The van der Waals surface area contributed by atoms with E-state index in [1.807, 2.05) is 6.20 Å². The van der Waals surface area contributed by atoms with E-state index in [-0.39, 0.29) is 23.0 Å². The Morgan fingerprint density at radius 2 is 2.05 bits per heavy atom. The number of aromatic amines is 1. The number of imidazole rings is 1. The summed E-state index contributed by atoms with van der Waals surface area (Å²) in [4.78, 5) is 20.7. The number of carbonyl (C=O) groups excluding carboxylic acids is 1. The zero-order valence-electron chi connectivity index (χ0n) is 26.3. The molecule has 7 atom stereocenters. The van der Waals surface area contributed by atoms with Gasteiger partial charge in [-0.25, -0.2) is 9.78 Å². The summed E-state index contributed by atoms with van der Waals surface area (Å²) in [7, 11) is 1.63. The van der Waals surface area contributed by atoms with Crippen molar-refractivity contribution in [2.45, 2.75) is 128 Å². The highest BCUT2D eigenvalue weighted by Crippen LogP contribution is 2.60. The predicted molar refractivity (Wildman–Crippen MR) is 166 cm³/mol. The van der Waals surface area contributed by atoms with Crippen LogP contribution in [0.5, 0.6) is 0 Å².